The van der Waals surface area contributed by atoms with Gasteiger partial charge < -0.3 is 14.9 Å². The van der Waals surface area contributed by atoms with Crippen LogP contribution < -0.4 is 4.74 Å². The van der Waals surface area contributed by atoms with E-state index in [1.54, 1.807) is 6.07 Å². The van der Waals surface area contributed by atoms with E-state index in [1.807, 2.05) is 6.07 Å². The number of likely N-dealkylation sites (tertiary alicyclic amines) is 1. The number of phenolic OH excluding ortho intramolecular Hbond substituents is 1. The first-order valence-electron chi connectivity index (χ1n) is 13.5. The fourth-order valence-corrected chi connectivity index (χ4v) is 8.78. The van der Waals surface area contributed by atoms with Gasteiger partial charge in [0.25, 0.3) is 11.8 Å². The Morgan fingerprint density at radius 1 is 1.03 bits per heavy atom. The maximum absolute atomic E-state index is 13.5. The van der Waals surface area contributed by atoms with Gasteiger partial charge in [-0.05, 0) is 88.3 Å². The summed E-state index contributed by atoms with van der Waals surface area (Å²) in [7, 11) is 0. The molecule has 2 bridgehead atoms. The van der Waals surface area contributed by atoms with Crippen molar-refractivity contribution >= 4 is 11.8 Å². The quantitative estimate of drug-likeness (QED) is 0.652. The highest BCUT2D eigenvalue weighted by molar-refractivity contribution is 6.19. The lowest BCUT2D eigenvalue weighted by molar-refractivity contribution is -0.201. The Kier molecular flexibility index (Phi) is 3.97. The molecule has 7 nitrogen and oxygen atoms in total. The van der Waals surface area contributed by atoms with Crippen LogP contribution in [-0.4, -0.2) is 68.7 Å². The van der Waals surface area contributed by atoms with Gasteiger partial charge in [0.1, 0.15) is 6.10 Å². The van der Waals surface area contributed by atoms with Crippen LogP contribution in [0.1, 0.15) is 68.9 Å². The molecule has 1 unspecified atom stereocenters. The zero-order valence-corrected chi connectivity index (χ0v) is 20.0. The average Bonchev–Trinajstić information content (AvgIpc) is 3.54. The molecular formula is C28H32N2O5. The van der Waals surface area contributed by atoms with Crippen LogP contribution >= 0.6 is 0 Å². The Hall–Kier alpha value is -2.38. The topological polar surface area (TPSA) is 90.3 Å². The molecule has 35 heavy (non-hydrogen) atoms. The zero-order valence-electron chi connectivity index (χ0n) is 20.0. The van der Waals surface area contributed by atoms with E-state index in [9.17, 15) is 19.8 Å². The van der Waals surface area contributed by atoms with Crippen LogP contribution in [0.4, 0.5) is 0 Å². The Morgan fingerprint density at radius 2 is 1.77 bits per heavy atom. The molecule has 1 saturated heterocycles. The molecule has 4 aliphatic carbocycles. The first kappa shape index (κ1) is 20.8. The van der Waals surface area contributed by atoms with Crippen LogP contribution in [0.25, 0.3) is 0 Å². The fourth-order valence-electron chi connectivity index (χ4n) is 8.78. The summed E-state index contributed by atoms with van der Waals surface area (Å²) in [5.41, 5.74) is 1.73. The number of piperidine rings is 1. The highest BCUT2D eigenvalue weighted by Gasteiger charge is 2.74. The maximum Gasteiger partial charge on any atom is 0.257 e. The van der Waals surface area contributed by atoms with Crippen molar-refractivity contribution in [2.24, 2.45) is 5.92 Å². The first-order valence-corrected chi connectivity index (χ1v) is 13.5. The summed E-state index contributed by atoms with van der Waals surface area (Å²) in [5, 5.41) is 23.4. The van der Waals surface area contributed by atoms with Gasteiger partial charge in [-0.15, -0.1) is 0 Å². The molecule has 3 heterocycles. The molecule has 3 aliphatic heterocycles. The smallest absolute Gasteiger partial charge is 0.257 e. The summed E-state index contributed by atoms with van der Waals surface area (Å²) in [6.45, 7) is 1.89. The third kappa shape index (κ3) is 2.40. The summed E-state index contributed by atoms with van der Waals surface area (Å²) in [6.07, 6.45) is 7.74. The number of nitrogens with zero attached hydrogens (tertiary/aromatic N) is 2. The van der Waals surface area contributed by atoms with Gasteiger partial charge in [0.15, 0.2) is 11.5 Å². The summed E-state index contributed by atoms with van der Waals surface area (Å²) >= 11 is 0. The molecule has 7 aliphatic rings. The highest BCUT2D eigenvalue weighted by atomic mass is 16.5. The van der Waals surface area contributed by atoms with Crippen LogP contribution in [0.15, 0.2) is 23.3 Å². The number of hydrogen-bond donors (Lipinski definition) is 2. The Labute approximate surface area is 204 Å². The van der Waals surface area contributed by atoms with Crippen LogP contribution in [0.3, 0.4) is 0 Å². The van der Waals surface area contributed by atoms with E-state index in [4.69, 9.17) is 4.74 Å². The number of aromatic hydroxyl groups is 1. The average molecular weight is 477 g/mol. The molecule has 7 heteroatoms. The summed E-state index contributed by atoms with van der Waals surface area (Å²) in [4.78, 5) is 31.1. The van der Waals surface area contributed by atoms with Gasteiger partial charge in [-0.1, -0.05) is 6.07 Å². The van der Waals surface area contributed by atoms with Crippen molar-refractivity contribution in [1.82, 2.24) is 9.80 Å². The Balaban J connectivity index is 1.26. The molecule has 2 saturated carbocycles. The minimum atomic E-state index is -1.01. The predicted octanol–water partition coefficient (Wildman–Crippen LogP) is 2.56. The van der Waals surface area contributed by atoms with Gasteiger partial charge in [0.2, 0.25) is 0 Å². The summed E-state index contributed by atoms with van der Waals surface area (Å²) in [6, 6.07) is 3.25. The molecule has 8 rings (SSSR count). The Bertz CT molecular complexity index is 1190. The molecule has 0 aromatic heterocycles. The van der Waals surface area contributed by atoms with Crippen molar-refractivity contribution < 1.29 is 24.5 Å². The van der Waals surface area contributed by atoms with Crippen molar-refractivity contribution in [3.05, 3.63) is 34.4 Å². The SMILES string of the molecule is O=C1C2=C(CCCC2)C(=O)N1[C@H]1CCC2(O)[C@H]3Cc4ccc(O)c5c4[C@@]2(CCN3CC2CC2)[C@H]1O5. The number of hydrogen-bond acceptors (Lipinski definition) is 6. The highest BCUT2D eigenvalue weighted by Crippen LogP contribution is 2.66. The molecule has 1 aromatic carbocycles. The molecule has 184 valence electrons. The predicted molar refractivity (Wildman–Crippen MR) is 126 cm³/mol. The standard InChI is InChI=1S/C28H32N2O5/c31-20-8-7-16-13-21-28(34)10-9-19(30-25(32)17-3-1-2-4-18(17)26(30)33)24-27(28,22(16)23(20)35-24)11-12-29(21)14-15-5-6-15/h7-8,15,19,21,24,31,34H,1-6,9-14H2/t19-,21+,24-,27-,28?/m0/s1. The number of imide groups is 1. The van der Waals surface area contributed by atoms with Crippen LogP contribution in [0.2, 0.25) is 0 Å². The van der Waals surface area contributed by atoms with Crippen molar-refractivity contribution in [3.8, 4) is 11.5 Å². The lowest BCUT2D eigenvalue weighted by Crippen LogP contribution is -2.78. The summed E-state index contributed by atoms with van der Waals surface area (Å²) in [5.74, 6) is 0.972. The van der Waals surface area contributed by atoms with Crippen LogP contribution in [-0.2, 0) is 21.4 Å². The van der Waals surface area contributed by atoms with E-state index in [-0.39, 0.29) is 23.6 Å². The normalized spacial score (nSPS) is 39.6. The zero-order chi connectivity index (χ0) is 23.7. The number of benzene rings is 1. The van der Waals surface area contributed by atoms with E-state index >= 15 is 0 Å². The van der Waals surface area contributed by atoms with Gasteiger partial charge in [-0.3, -0.25) is 19.4 Å². The number of aliphatic hydroxyl groups is 1. The largest absolute Gasteiger partial charge is 0.504 e. The number of rotatable bonds is 3. The first-order chi connectivity index (χ1) is 16.9. The third-order valence-electron chi connectivity index (χ3n) is 10.5. The number of ether oxygens (including phenoxy) is 1. The number of carbonyl (C=O) groups excluding carboxylic acids is 2. The fraction of sp³-hybridized carbons (Fsp3) is 0.643. The van der Waals surface area contributed by atoms with Crippen LogP contribution in [0.5, 0.6) is 11.5 Å². The number of phenols is 1. The number of carbonyl (C=O) groups is 2. The minimum absolute atomic E-state index is 0.0109. The van der Waals surface area contributed by atoms with Gasteiger partial charge >= 0.3 is 0 Å². The molecule has 1 spiro atoms. The van der Waals surface area contributed by atoms with E-state index in [0.717, 1.165) is 49.4 Å². The second-order valence-corrected chi connectivity index (χ2v) is 12.0. The monoisotopic (exact) mass is 476 g/mol. The second-order valence-electron chi connectivity index (χ2n) is 12.0. The summed E-state index contributed by atoms with van der Waals surface area (Å²) < 4.78 is 6.59. The van der Waals surface area contributed by atoms with Crippen molar-refractivity contribution in [3.63, 3.8) is 0 Å². The van der Waals surface area contributed by atoms with Gasteiger partial charge in [0.05, 0.1) is 17.1 Å². The molecule has 2 amide bonds. The van der Waals surface area contributed by atoms with Crippen molar-refractivity contribution in [2.75, 3.05) is 13.1 Å². The van der Waals surface area contributed by atoms with Gasteiger partial charge in [-0.25, -0.2) is 0 Å². The molecule has 2 N–H and O–H groups in total. The van der Waals surface area contributed by atoms with E-state index in [0.29, 0.717) is 49.0 Å². The molecule has 1 aromatic rings. The van der Waals surface area contributed by atoms with E-state index in [1.165, 1.54) is 17.7 Å². The maximum atomic E-state index is 13.5. The van der Waals surface area contributed by atoms with Gasteiger partial charge in [0, 0.05) is 29.3 Å². The minimum Gasteiger partial charge on any atom is -0.504 e. The van der Waals surface area contributed by atoms with E-state index < -0.39 is 23.2 Å². The molecule has 0 radical (unpaired) electrons. The lowest BCUT2D eigenvalue weighted by atomic mass is 9.48. The Morgan fingerprint density at radius 3 is 2.49 bits per heavy atom. The van der Waals surface area contributed by atoms with Crippen molar-refractivity contribution in [1.29, 1.82) is 0 Å². The van der Waals surface area contributed by atoms with Gasteiger partial charge in [-0.2, -0.15) is 0 Å². The third-order valence-corrected chi connectivity index (χ3v) is 10.5. The second kappa shape index (κ2) is 6.68. The van der Waals surface area contributed by atoms with Crippen LogP contribution in [0, 0.1) is 5.92 Å². The van der Waals surface area contributed by atoms with E-state index in [2.05, 4.69) is 4.90 Å². The number of amides is 2. The molecule has 3 fully saturated rings. The van der Waals surface area contributed by atoms with Crippen molar-refractivity contribution in [2.45, 2.75) is 93.4 Å². The molecule has 5 atom stereocenters. The molecular weight excluding hydrogens is 444 g/mol. The lowest BCUT2D eigenvalue weighted by Gasteiger charge is -2.64.